The summed E-state index contributed by atoms with van der Waals surface area (Å²) >= 11 is 3.10. The Morgan fingerprint density at radius 1 is 1.39 bits per heavy atom. The Bertz CT molecular complexity index is 607. The molecule has 0 aliphatic rings. The summed E-state index contributed by atoms with van der Waals surface area (Å²) in [7, 11) is 0. The van der Waals surface area contributed by atoms with E-state index >= 15 is 0 Å². The van der Waals surface area contributed by atoms with Crippen molar-refractivity contribution in [2.75, 3.05) is 0 Å². The topological polar surface area (TPSA) is 72.3 Å². The third-order valence-electron chi connectivity index (χ3n) is 2.02. The largest absolute Gasteiger partial charge is 0.477 e. The third-order valence-corrected chi connectivity index (χ3v) is 2.51. The van der Waals surface area contributed by atoms with E-state index in [0.29, 0.717) is 4.47 Å². The van der Waals surface area contributed by atoms with E-state index in [-0.39, 0.29) is 17.2 Å². The Kier molecular flexibility index (Phi) is 3.52. The minimum Gasteiger partial charge on any atom is -0.477 e. The molecule has 2 rings (SSSR count). The van der Waals surface area contributed by atoms with Crippen molar-refractivity contribution in [3.05, 3.63) is 46.3 Å². The van der Waals surface area contributed by atoms with Gasteiger partial charge in [-0.15, -0.1) is 5.10 Å². The zero-order valence-corrected chi connectivity index (χ0v) is 10.4. The summed E-state index contributed by atoms with van der Waals surface area (Å²) in [4.78, 5) is 10.9. The molecular weight excluding hydrogens is 307 g/mol. The van der Waals surface area contributed by atoms with Crippen LogP contribution in [-0.4, -0.2) is 21.3 Å². The van der Waals surface area contributed by atoms with E-state index in [4.69, 9.17) is 9.84 Å². The van der Waals surface area contributed by atoms with Gasteiger partial charge in [0.2, 0.25) is 0 Å². The van der Waals surface area contributed by atoms with Gasteiger partial charge in [0.25, 0.3) is 5.88 Å². The number of nitrogens with zero attached hydrogens (tertiary/aromatic N) is 2. The van der Waals surface area contributed by atoms with Crippen LogP contribution in [0.2, 0.25) is 0 Å². The van der Waals surface area contributed by atoms with Crippen LogP contribution in [0.4, 0.5) is 4.39 Å². The molecule has 0 unspecified atom stereocenters. The SMILES string of the molecule is O=C(O)c1ccnnc1Oc1ccc(Br)cc1F. The maximum atomic E-state index is 13.5. The highest BCUT2D eigenvalue weighted by Gasteiger charge is 2.15. The molecule has 0 amide bonds. The molecule has 0 bridgehead atoms. The van der Waals surface area contributed by atoms with Crippen LogP contribution in [0.25, 0.3) is 0 Å². The Morgan fingerprint density at radius 2 is 2.17 bits per heavy atom. The number of carbonyl (C=O) groups is 1. The molecular formula is C11H6BrFN2O3. The fourth-order valence-corrected chi connectivity index (χ4v) is 1.55. The molecule has 0 aliphatic carbocycles. The van der Waals surface area contributed by atoms with E-state index in [1.165, 1.54) is 24.4 Å². The first kappa shape index (κ1) is 12.4. The van der Waals surface area contributed by atoms with Crippen molar-refractivity contribution in [2.24, 2.45) is 0 Å². The molecule has 1 aromatic heterocycles. The molecule has 1 N–H and O–H groups in total. The first-order valence-corrected chi connectivity index (χ1v) is 5.55. The van der Waals surface area contributed by atoms with Gasteiger partial charge in [0.15, 0.2) is 11.6 Å². The maximum Gasteiger partial charge on any atom is 0.341 e. The van der Waals surface area contributed by atoms with Crippen molar-refractivity contribution in [3.63, 3.8) is 0 Å². The van der Waals surface area contributed by atoms with E-state index in [1.807, 2.05) is 0 Å². The second kappa shape index (κ2) is 5.09. The van der Waals surface area contributed by atoms with Gasteiger partial charge in [-0.05, 0) is 24.3 Å². The van der Waals surface area contributed by atoms with Crippen molar-refractivity contribution in [1.29, 1.82) is 0 Å². The molecule has 0 radical (unpaired) electrons. The van der Waals surface area contributed by atoms with Gasteiger partial charge in [0.1, 0.15) is 5.56 Å². The Hall–Kier alpha value is -2.02. The van der Waals surface area contributed by atoms with E-state index in [0.717, 1.165) is 0 Å². The van der Waals surface area contributed by atoms with E-state index in [1.54, 1.807) is 6.07 Å². The van der Waals surface area contributed by atoms with Crippen molar-refractivity contribution in [1.82, 2.24) is 10.2 Å². The Morgan fingerprint density at radius 3 is 2.83 bits per heavy atom. The highest BCUT2D eigenvalue weighted by atomic mass is 79.9. The number of carboxylic acids is 1. The molecule has 0 fully saturated rings. The molecule has 7 heteroatoms. The normalized spacial score (nSPS) is 10.1. The average molecular weight is 313 g/mol. The summed E-state index contributed by atoms with van der Waals surface area (Å²) in [5.41, 5.74) is -0.188. The molecule has 0 aliphatic heterocycles. The van der Waals surface area contributed by atoms with Crippen LogP contribution in [0.3, 0.4) is 0 Å². The quantitative estimate of drug-likeness (QED) is 0.943. The molecule has 2 aromatic rings. The maximum absolute atomic E-state index is 13.5. The van der Waals surface area contributed by atoms with Crippen LogP contribution >= 0.6 is 15.9 Å². The molecule has 0 saturated carbocycles. The van der Waals surface area contributed by atoms with Gasteiger partial charge in [-0.3, -0.25) is 0 Å². The number of halogens is 2. The van der Waals surface area contributed by atoms with Crippen LogP contribution in [0, 0.1) is 5.82 Å². The van der Waals surface area contributed by atoms with Crippen LogP contribution in [-0.2, 0) is 0 Å². The van der Waals surface area contributed by atoms with E-state index in [2.05, 4.69) is 26.1 Å². The van der Waals surface area contributed by atoms with Crippen molar-refractivity contribution < 1.29 is 19.0 Å². The van der Waals surface area contributed by atoms with Gasteiger partial charge >= 0.3 is 5.97 Å². The van der Waals surface area contributed by atoms with E-state index in [9.17, 15) is 9.18 Å². The molecule has 0 spiro atoms. The number of hydrogen-bond donors (Lipinski definition) is 1. The van der Waals surface area contributed by atoms with Gasteiger partial charge in [-0.1, -0.05) is 15.9 Å². The number of hydrogen-bond acceptors (Lipinski definition) is 4. The van der Waals surface area contributed by atoms with Crippen LogP contribution in [0.1, 0.15) is 10.4 Å². The summed E-state index contributed by atoms with van der Waals surface area (Å²) < 4.78 is 19.2. The van der Waals surface area contributed by atoms with E-state index < -0.39 is 11.8 Å². The molecule has 5 nitrogen and oxygen atoms in total. The average Bonchev–Trinajstić information content (AvgIpc) is 2.33. The number of carboxylic acid groups (broad SMARTS) is 1. The lowest BCUT2D eigenvalue weighted by molar-refractivity contribution is 0.0693. The lowest BCUT2D eigenvalue weighted by Crippen LogP contribution is -2.03. The summed E-state index contributed by atoms with van der Waals surface area (Å²) in [6, 6.07) is 5.35. The molecule has 1 aromatic carbocycles. The summed E-state index contributed by atoms with van der Waals surface area (Å²) in [5.74, 6) is -2.24. The van der Waals surface area contributed by atoms with Crippen molar-refractivity contribution in [3.8, 4) is 11.6 Å². The van der Waals surface area contributed by atoms with Crippen LogP contribution in [0.5, 0.6) is 11.6 Å². The standard InChI is InChI=1S/C11H6BrFN2O3/c12-6-1-2-9(8(13)5-6)18-10-7(11(16)17)3-4-14-15-10/h1-5H,(H,16,17). The second-order valence-corrected chi connectivity index (χ2v) is 4.15. The van der Waals surface area contributed by atoms with Gasteiger partial charge in [-0.25, -0.2) is 9.18 Å². The summed E-state index contributed by atoms with van der Waals surface area (Å²) in [6.07, 6.45) is 1.22. The summed E-state index contributed by atoms with van der Waals surface area (Å²) in [5, 5.41) is 15.9. The summed E-state index contributed by atoms with van der Waals surface area (Å²) in [6.45, 7) is 0. The third kappa shape index (κ3) is 2.62. The number of rotatable bonds is 3. The highest BCUT2D eigenvalue weighted by Crippen LogP contribution is 2.27. The predicted octanol–water partition coefficient (Wildman–Crippen LogP) is 2.87. The number of aromatic nitrogens is 2. The first-order chi connectivity index (χ1) is 8.58. The lowest BCUT2D eigenvalue weighted by atomic mass is 10.3. The van der Waals surface area contributed by atoms with Gasteiger partial charge in [0, 0.05) is 4.47 Å². The van der Waals surface area contributed by atoms with Crippen molar-refractivity contribution >= 4 is 21.9 Å². The zero-order chi connectivity index (χ0) is 13.1. The fourth-order valence-electron chi connectivity index (χ4n) is 1.22. The molecule has 0 saturated heterocycles. The highest BCUT2D eigenvalue weighted by molar-refractivity contribution is 9.10. The molecule has 0 atom stereocenters. The Balaban J connectivity index is 2.37. The monoisotopic (exact) mass is 312 g/mol. The molecule has 1 heterocycles. The number of aromatic carboxylic acids is 1. The number of benzene rings is 1. The zero-order valence-electron chi connectivity index (χ0n) is 8.80. The minimum atomic E-state index is -1.22. The molecule has 18 heavy (non-hydrogen) atoms. The minimum absolute atomic E-state index is 0.124. The smallest absolute Gasteiger partial charge is 0.341 e. The van der Waals surface area contributed by atoms with Crippen molar-refractivity contribution in [2.45, 2.75) is 0 Å². The Labute approximate surface area is 109 Å². The fraction of sp³-hybridized carbons (Fsp3) is 0. The van der Waals surface area contributed by atoms with Gasteiger partial charge < -0.3 is 9.84 Å². The van der Waals surface area contributed by atoms with Gasteiger partial charge in [-0.2, -0.15) is 5.10 Å². The molecule has 92 valence electrons. The van der Waals surface area contributed by atoms with Crippen LogP contribution in [0.15, 0.2) is 34.9 Å². The van der Waals surface area contributed by atoms with Gasteiger partial charge in [0.05, 0.1) is 6.20 Å². The predicted molar refractivity (Wildman–Crippen MR) is 63.2 cm³/mol. The lowest BCUT2D eigenvalue weighted by Gasteiger charge is -2.07. The number of ether oxygens (including phenoxy) is 1. The van der Waals surface area contributed by atoms with Crippen LogP contribution < -0.4 is 4.74 Å². The second-order valence-electron chi connectivity index (χ2n) is 3.23. The first-order valence-electron chi connectivity index (χ1n) is 4.76.